The van der Waals surface area contributed by atoms with Gasteiger partial charge in [0.25, 0.3) is 0 Å². The molecule has 32 heavy (non-hydrogen) atoms. The first-order valence-electron chi connectivity index (χ1n) is 10.9. The maximum atomic E-state index is 10.5. The van der Waals surface area contributed by atoms with Crippen LogP contribution in [0, 0.1) is 45.8 Å². The first-order valence-corrected chi connectivity index (χ1v) is 10.9. The second-order valence-corrected chi connectivity index (χ2v) is 8.40. The second kappa shape index (κ2) is 8.72. The van der Waals surface area contributed by atoms with Crippen LogP contribution in [-0.4, -0.2) is 24.5 Å². The van der Waals surface area contributed by atoms with Crippen molar-refractivity contribution in [2.24, 2.45) is 17.6 Å². The molecule has 0 radical (unpaired) electrons. The summed E-state index contributed by atoms with van der Waals surface area (Å²) in [5.41, 5.74) is 9.28. The summed E-state index contributed by atoms with van der Waals surface area (Å²) in [5.74, 6) is -0.922. The number of hydrogen-bond donors (Lipinski definition) is 1. The highest BCUT2D eigenvalue weighted by Gasteiger charge is 2.54. The van der Waals surface area contributed by atoms with Crippen LogP contribution in [0.3, 0.4) is 0 Å². The quantitative estimate of drug-likeness (QED) is 0.797. The molecule has 0 fully saturated rings. The van der Waals surface area contributed by atoms with Crippen LogP contribution in [0.15, 0.2) is 77.5 Å². The zero-order valence-electron chi connectivity index (χ0n) is 18.1. The number of nitrogens with two attached hydrogens (primary N) is 1. The number of hydrogen-bond acceptors (Lipinski definition) is 5. The lowest BCUT2D eigenvalue weighted by molar-refractivity contribution is 0.204. The molecule has 158 valence electrons. The largest absolute Gasteiger partial charge is 0.399 e. The van der Waals surface area contributed by atoms with E-state index in [1.54, 1.807) is 0 Å². The van der Waals surface area contributed by atoms with Gasteiger partial charge in [-0.2, -0.15) is 15.8 Å². The van der Waals surface area contributed by atoms with Gasteiger partial charge in [0, 0.05) is 19.0 Å². The topological polar surface area (TPSA) is 101 Å². The molecule has 0 aromatic heterocycles. The van der Waals surface area contributed by atoms with Gasteiger partial charge in [-0.1, -0.05) is 67.6 Å². The van der Waals surface area contributed by atoms with E-state index in [0.717, 1.165) is 36.2 Å². The highest BCUT2D eigenvalue weighted by molar-refractivity contribution is 5.66. The Morgan fingerprint density at radius 2 is 1.72 bits per heavy atom. The zero-order valence-corrected chi connectivity index (χ0v) is 18.1. The molecular formula is C27H25N5. The fourth-order valence-corrected chi connectivity index (χ4v) is 5.12. The highest BCUT2D eigenvalue weighted by atomic mass is 15.1. The van der Waals surface area contributed by atoms with Crippen LogP contribution in [0.5, 0.6) is 0 Å². The van der Waals surface area contributed by atoms with E-state index in [2.05, 4.69) is 30.0 Å². The minimum absolute atomic E-state index is 0.188. The van der Waals surface area contributed by atoms with Crippen molar-refractivity contribution < 1.29 is 0 Å². The molecule has 0 saturated heterocycles. The van der Waals surface area contributed by atoms with Crippen molar-refractivity contribution >= 4 is 0 Å². The molecule has 3 unspecified atom stereocenters. The van der Waals surface area contributed by atoms with Gasteiger partial charge in [-0.05, 0) is 35.2 Å². The summed E-state index contributed by atoms with van der Waals surface area (Å²) in [4.78, 5) is 2.27. The van der Waals surface area contributed by atoms with Crippen LogP contribution >= 0.6 is 0 Å². The van der Waals surface area contributed by atoms with E-state index < -0.39 is 11.3 Å². The molecule has 2 aromatic rings. The number of nitriles is 3. The van der Waals surface area contributed by atoms with Gasteiger partial charge in [0.15, 0.2) is 0 Å². The van der Waals surface area contributed by atoms with Crippen LogP contribution in [-0.2, 0) is 5.41 Å². The predicted octanol–water partition coefficient (Wildman–Crippen LogP) is 4.27. The van der Waals surface area contributed by atoms with Gasteiger partial charge in [0.05, 0.1) is 29.3 Å². The fourth-order valence-electron chi connectivity index (χ4n) is 5.12. The smallest absolute Gasteiger partial charge is 0.139 e. The predicted molar refractivity (Wildman–Crippen MR) is 123 cm³/mol. The summed E-state index contributed by atoms with van der Waals surface area (Å²) >= 11 is 0. The molecule has 4 rings (SSSR count). The molecule has 1 aliphatic carbocycles. The Morgan fingerprint density at radius 1 is 1.03 bits per heavy atom. The molecule has 1 heterocycles. The fraction of sp³-hybridized carbons (Fsp3) is 0.296. The third kappa shape index (κ3) is 3.27. The van der Waals surface area contributed by atoms with E-state index in [0.29, 0.717) is 17.7 Å². The van der Waals surface area contributed by atoms with Crippen molar-refractivity contribution in [2.45, 2.75) is 18.8 Å². The Bertz CT molecular complexity index is 1190. The lowest BCUT2D eigenvalue weighted by Crippen LogP contribution is -2.51. The molecule has 5 heteroatoms. The van der Waals surface area contributed by atoms with E-state index in [-0.39, 0.29) is 11.6 Å². The van der Waals surface area contributed by atoms with Gasteiger partial charge in [-0.3, -0.25) is 4.90 Å². The lowest BCUT2D eigenvalue weighted by Gasteiger charge is -2.45. The average molecular weight is 420 g/mol. The summed E-state index contributed by atoms with van der Waals surface area (Å²) in [6.07, 6.45) is 3.01. The maximum Gasteiger partial charge on any atom is 0.139 e. The first-order chi connectivity index (χ1) is 15.6. The summed E-state index contributed by atoms with van der Waals surface area (Å²) in [7, 11) is 0. The normalized spacial score (nSPS) is 25.1. The van der Waals surface area contributed by atoms with E-state index in [9.17, 15) is 15.8 Å². The molecule has 5 nitrogen and oxygen atoms in total. The van der Waals surface area contributed by atoms with Crippen molar-refractivity contribution in [3.8, 4) is 29.3 Å². The zero-order chi connectivity index (χ0) is 22.7. The molecular weight excluding hydrogens is 394 g/mol. The van der Waals surface area contributed by atoms with E-state index in [1.165, 1.54) is 0 Å². The molecule has 0 bridgehead atoms. The molecule has 2 aliphatic rings. The van der Waals surface area contributed by atoms with Crippen molar-refractivity contribution in [2.75, 3.05) is 19.6 Å². The van der Waals surface area contributed by atoms with Gasteiger partial charge < -0.3 is 5.73 Å². The summed E-state index contributed by atoms with van der Waals surface area (Å²) < 4.78 is 0. The van der Waals surface area contributed by atoms with Crippen molar-refractivity contribution in [1.29, 1.82) is 15.8 Å². The standard InChI is InChI=1S/C27H25N5/c1-2-13-32-14-12-22-23(15-28)26(31)27(18-30,25(16-29)24(22)17-32)21-10-8-20(9-11-21)19-6-4-3-5-7-19/h3-12,24-25H,2,13-14,17,31H2,1H3. The van der Waals surface area contributed by atoms with E-state index >= 15 is 0 Å². The average Bonchev–Trinajstić information content (AvgIpc) is 2.84. The number of nitrogens with zero attached hydrogens (tertiary/aromatic N) is 4. The van der Waals surface area contributed by atoms with Crippen LogP contribution in [0.1, 0.15) is 18.9 Å². The van der Waals surface area contributed by atoms with E-state index in [4.69, 9.17) is 5.73 Å². The summed E-state index contributed by atoms with van der Waals surface area (Å²) in [5, 5.41) is 30.7. The Hall–Kier alpha value is -3.85. The third-order valence-electron chi connectivity index (χ3n) is 6.69. The third-order valence-corrected chi connectivity index (χ3v) is 6.69. The van der Waals surface area contributed by atoms with Crippen LogP contribution in [0.25, 0.3) is 11.1 Å². The molecule has 0 amide bonds. The van der Waals surface area contributed by atoms with Crippen molar-refractivity contribution in [3.05, 3.63) is 83.1 Å². The van der Waals surface area contributed by atoms with Gasteiger partial charge in [0.1, 0.15) is 11.5 Å². The lowest BCUT2D eigenvalue weighted by atomic mass is 9.57. The van der Waals surface area contributed by atoms with Gasteiger partial charge >= 0.3 is 0 Å². The number of fused-ring (bicyclic) bond motifs is 1. The van der Waals surface area contributed by atoms with Gasteiger partial charge in [-0.25, -0.2) is 0 Å². The SMILES string of the molecule is CCCN1CC=C2C(C#N)=C(N)C(C#N)(c3ccc(-c4ccccc4)cc3)C(C#N)C2C1. The minimum atomic E-state index is -1.37. The second-order valence-electron chi connectivity index (χ2n) is 8.40. The number of rotatable bonds is 4. The van der Waals surface area contributed by atoms with Crippen LogP contribution in [0.4, 0.5) is 0 Å². The van der Waals surface area contributed by atoms with Crippen molar-refractivity contribution in [3.63, 3.8) is 0 Å². The first kappa shape index (κ1) is 21.4. The Labute approximate surface area is 189 Å². The molecule has 1 aliphatic heterocycles. The number of allylic oxidation sites excluding steroid dienone is 2. The maximum absolute atomic E-state index is 10.5. The van der Waals surface area contributed by atoms with Crippen LogP contribution in [0.2, 0.25) is 0 Å². The minimum Gasteiger partial charge on any atom is -0.399 e. The van der Waals surface area contributed by atoms with Crippen LogP contribution < -0.4 is 5.73 Å². The van der Waals surface area contributed by atoms with Crippen molar-refractivity contribution in [1.82, 2.24) is 4.90 Å². The molecule has 2 aromatic carbocycles. The monoisotopic (exact) mass is 419 g/mol. The van der Waals surface area contributed by atoms with Gasteiger partial charge in [0.2, 0.25) is 0 Å². The van der Waals surface area contributed by atoms with E-state index in [1.807, 2.05) is 60.7 Å². The highest BCUT2D eigenvalue weighted by Crippen LogP contribution is 2.50. The summed E-state index contributed by atoms with van der Waals surface area (Å²) in [6, 6.07) is 24.7. The molecule has 0 saturated carbocycles. The number of benzene rings is 2. The van der Waals surface area contributed by atoms with Gasteiger partial charge in [-0.15, -0.1) is 0 Å². The Balaban J connectivity index is 1.86. The Morgan fingerprint density at radius 3 is 2.31 bits per heavy atom. The Kier molecular flexibility index (Phi) is 5.83. The molecule has 3 atom stereocenters. The molecule has 0 spiro atoms. The molecule has 2 N–H and O–H groups in total. The summed E-state index contributed by atoms with van der Waals surface area (Å²) in [6.45, 7) is 4.39.